The first-order valence-electron chi connectivity index (χ1n) is 6.39. The van der Waals surface area contributed by atoms with E-state index in [2.05, 4.69) is 13.5 Å². The van der Waals surface area contributed by atoms with Crippen molar-refractivity contribution in [2.75, 3.05) is 13.1 Å². The Morgan fingerprint density at radius 1 is 1.63 bits per heavy atom. The van der Waals surface area contributed by atoms with Crippen molar-refractivity contribution >= 4 is 28.8 Å². The van der Waals surface area contributed by atoms with Crippen molar-refractivity contribution in [2.45, 2.75) is 26.3 Å². The fraction of sp³-hybridized carbons (Fsp3) is 0.500. The van der Waals surface area contributed by atoms with Gasteiger partial charge in [-0.05, 0) is 31.0 Å². The smallest absolute Gasteiger partial charge is 0.223 e. The number of carbonyl (C=O) groups is 1. The second-order valence-electron chi connectivity index (χ2n) is 4.65. The SMILES string of the molecule is C=CCN(Cc1ccc(Cl)s1)C(=O)CCC(C)CN. The van der Waals surface area contributed by atoms with E-state index in [9.17, 15) is 4.79 Å². The molecule has 0 saturated carbocycles. The zero-order valence-corrected chi connectivity index (χ0v) is 12.8. The minimum absolute atomic E-state index is 0.143. The first-order chi connectivity index (χ1) is 9.06. The van der Waals surface area contributed by atoms with E-state index in [-0.39, 0.29) is 5.91 Å². The summed E-state index contributed by atoms with van der Waals surface area (Å²) in [4.78, 5) is 15.1. The lowest BCUT2D eigenvalue weighted by molar-refractivity contribution is -0.131. The van der Waals surface area contributed by atoms with E-state index in [4.69, 9.17) is 17.3 Å². The first-order valence-corrected chi connectivity index (χ1v) is 7.59. The van der Waals surface area contributed by atoms with E-state index in [1.165, 1.54) is 11.3 Å². The van der Waals surface area contributed by atoms with Crippen molar-refractivity contribution < 1.29 is 4.79 Å². The number of hydrogen-bond donors (Lipinski definition) is 1. The van der Waals surface area contributed by atoms with Gasteiger partial charge in [-0.3, -0.25) is 4.79 Å². The molecule has 0 fully saturated rings. The number of amides is 1. The van der Waals surface area contributed by atoms with E-state index >= 15 is 0 Å². The lowest BCUT2D eigenvalue weighted by Crippen LogP contribution is -2.30. The Bertz CT molecular complexity index is 419. The lowest BCUT2D eigenvalue weighted by atomic mass is 10.1. The predicted octanol–water partition coefficient (Wildman–Crippen LogP) is 3.29. The van der Waals surface area contributed by atoms with Gasteiger partial charge in [0, 0.05) is 17.8 Å². The molecule has 19 heavy (non-hydrogen) atoms. The maximum Gasteiger partial charge on any atom is 0.223 e. The average Bonchev–Trinajstić information content (AvgIpc) is 2.80. The van der Waals surface area contributed by atoms with Gasteiger partial charge in [0.1, 0.15) is 0 Å². The molecule has 1 atom stereocenters. The Balaban J connectivity index is 2.55. The quantitative estimate of drug-likeness (QED) is 0.749. The summed E-state index contributed by atoms with van der Waals surface area (Å²) in [6, 6.07) is 3.81. The number of thiophene rings is 1. The minimum Gasteiger partial charge on any atom is -0.334 e. The van der Waals surface area contributed by atoms with Crippen molar-refractivity contribution in [1.82, 2.24) is 4.90 Å². The third-order valence-electron chi connectivity index (χ3n) is 2.93. The Labute approximate surface area is 124 Å². The highest BCUT2D eigenvalue weighted by molar-refractivity contribution is 7.16. The molecule has 1 rings (SSSR count). The van der Waals surface area contributed by atoms with Gasteiger partial charge in [0.15, 0.2) is 0 Å². The average molecular weight is 301 g/mol. The Hall–Kier alpha value is -0.840. The molecule has 1 aromatic rings. The molecule has 0 aliphatic heterocycles. The molecule has 0 bridgehead atoms. The maximum atomic E-state index is 12.2. The van der Waals surface area contributed by atoms with Crippen LogP contribution in [0, 0.1) is 5.92 Å². The fourth-order valence-corrected chi connectivity index (χ4v) is 2.78. The highest BCUT2D eigenvalue weighted by Crippen LogP contribution is 2.23. The van der Waals surface area contributed by atoms with Gasteiger partial charge >= 0.3 is 0 Å². The topological polar surface area (TPSA) is 46.3 Å². The van der Waals surface area contributed by atoms with Gasteiger partial charge in [0.2, 0.25) is 5.91 Å². The monoisotopic (exact) mass is 300 g/mol. The van der Waals surface area contributed by atoms with Crippen LogP contribution in [0.2, 0.25) is 4.34 Å². The van der Waals surface area contributed by atoms with E-state index < -0.39 is 0 Å². The standard InChI is InChI=1S/C14H21ClN2OS/c1-3-8-17(10-12-5-6-13(15)19-12)14(18)7-4-11(2)9-16/h3,5-6,11H,1,4,7-10,16H2,2H3. The number of nitrogens with two attached hydrogens (primary N) is 1. The van der Waals surface area contributed by atoms with Crippen LogP contribution in [0.25, 0.3) is 0 Å². The van der Waals surface area contributed by atoms with E-state index in [1.807, 2.05) is 12.1 Å². The summed E-state index contributed by atoms with van der Waals surface area (Å²) < 4.78 is 0.748. The largest absolute Gasteiger partial charge is 0.334 e. The first kappa shape index (κ1) is 16.2. The van der Waals surface area contributed by atoms with Crippen molar-refractivity contribution in [1.29, 1.82) is 0 Å². The van der Waals surface area contributed by atoms with Crippen LogP contribution < -0.4 is 5.73 Å². The second-order valence-corrected chi connectivity index (χ2v) is 6.45. The summed E-state index contributed by atoms with van der Waals surface area (Å²) in [5.41, 5.74) is 5.57. The van der Waals surface area contributed by atoms with Crippen molar-refractivity contribution in [2.24, 2.45) is 11.7 Å². The molecule has 0 aliphatic rings. The van der Waals surface area contributed by atoms with E-state index in [0.29, 0.717) is 32.0 Å². The highest BCUT2D eigenvalue weighted by atomic mass is 35.5. The Morgan fingerprint density at radius 3 is 2.89 bits per heavy atom. The molecule has 0 aromatic carbocycles. The van der Waals surface area contributed by atoms with E-state index in [0.717, 1.165) is 15.6 Å². The Morgan fingerprint density at radius 2 is 2.37 bits per heavy atom. The minimum atomic E-state index is 0.143. The van der Waals surface area contributed by atoms with Crippen LogP contribution in [0.1, 0.15) is 24.6 Å². The second kappa shape index (κ2) is 8.35. The van der Waals surface area contributed by atoms with Gasteiger partial charge in [0.25, 0.3) is 0 Å². The van der Waals surface area contributed by atoms with Crippen LogP contribution in [-0.4, -0.2) is 23.9 Å². The zero-order chi connectivity index (χ0) is 14.3. The zero-order valence-electron chi connectivity index (χ0n) is 11.3. The van der Waals surface area contributed by atoms with Crippen LogP contribution in [0.3, 0.4) is 0 Å². The summed E-state index contributed by atoms with van der Waals surface area (Å²) in [6.45, 7) is 7.54. The number of halogens is 1. The number of hydrogen-bond acceptors (Lipinski definition) is 3. The van der Waals surface area contributed by atoms with Gasteiger partial charge in [-0.1, -0.05) is 24.6 Å². The molecule has 2 N–H and O–H groups in total. The summed E-state index contributed by atoms with van der Waals surface area (Å²) >= 11 is 7.41. The molecule has 1 heterocycles. The number of rotatable bonds is 8. The normalized spacial score (nSPS) is 12.2. The highest BCUT2D eigenvalue weighted by Gasteiger charge is 2.14. The molecule has 0 radical (unpaired) electrons. The predicted molar refractivity (Wildman–Crippen MR) is 82.4 cm³/mol. The molecule has 1 unspecified atom stereocenters. The number of carbonyl (C=O) groups excluding carboxylic acids is 1. The van der Waals surface area contributed by atoms with Gasteiger partial charge in [-0.15, -0.1) is 17.9 Å². The molecule has 3 nitrogen and oxygen atoms in total. The van der Waals surface area contributed by atoms with Crippen molar-refractivity contribution in [3.8, 4) is 0 Å². The third kappa shape index (κ3) is 5.76. The fourth-order valence-electron chi connectivity index (χ4n) is 1.68. The molecular weight excluding hydrogens is 280 g/mol. The molecule has 1 aromatic heterocycles. The van der Waals surface area contributed by atoms with Crippen molar-refractivity contribution in [3.05, 3.63) is 34.0 Å². The summed E-state index contributed by atoms with van der Waals surface area (Å²) in [6.07, 6.45) is 3.11. The lowest BCUT2D eigenvalue weighted by Gasteiger charge is -2.21. The molecule has 5 heteroatoms. The van der Waals surface area contributed by atoms with Crippen LogP contribution >= 0.6 is 22.9 Å². The Kier molecular flexibility index (Phi) is 7.13. The third-order valence-corrected chi connectivity index (χ3v) is 4.15. The molecule has 1 amide bonds. The molecule has 106 valence electrons. The van der Waals surface area contributed by atoms with Gasteiger partial charge in [-0.25, -0.2) is 0 Å². The van der Waals surface area contributed by atoms with Gasteiger partial charge < -0.3 is 10.6 Å². The summed E-state index contributed by atoms with van der Waals surface area (Å²) in [7, 11) is 0. The molecule has 0 saturated heterocycles. The summed E-state index contributed by atoms with van der Waals surface area (Å²) in [5.74, 6) is 0.524. The maximum absolute atomic E-state index is 12.2. The van der Waals surface area contributed by atoms with Gasteiger partial charge in [-0.2, -0.15) is 0 Å². The number of nitrogens with zero attached hydrogens (tertiary/aromatic N) is 1. The molecular formula is C14H21ClN2OS. The van der Waals surface area contributed by atoms with Crippen molar-refractivity contribution in [3.63, 3.8) is 0 Å². The van der Waals surface area contributed by atoms with E-state index in [1.54, 1.807) is 11.0 Å². The van der Waals surface area contributed by atoms with Crippen LogP contribution in [0.4, 0.5) is 0 Å². The summed E-state index contributed by atoms with van der Waals surface area (Å²) in [5, 5.41) is 0. The molecule has 0 spiro atoms. The van der Waals surface area contributed by atoms with Gasteiger partial charge in [0.05, 0.1) is 10.9 Å². The van der Waals surface area contributed by atoms with Crippen LogP contribution in [-0.2, 0) is 11.3 Å². The molecule has 0 aliphatic carbocycles. The van der Waals surface area contributed by atoms with Crippen LogP contribution in [0.5, 0.6) is 0 Å². The van der Waals surface area contributed by atoms with Crippen LogP contribution in [0.15, 0.2) is 24.8 Å².